The van der Waals surface area contributed by atoms with Gasteiger partial charge in [-0.25, -0.2) is 4.79 Å². The van der Waals surface area contributed by atoms with Crippen molar-refractivity contribution in [2.75, 3.05) is 13.2 Å². The molecule has 266 valence electrons. The third-order valence-corrected chi connectivity index (χ3v) is 10.4. The van der Waals surface area contributed by atoms with Gasteiger partial charge in [0.05, 0.1) is 6.61 Å². The van der Waals surface area contributed by atoms with E-state index in [1.54, 1.807) is 4.90 Å². The highest BCUT2D eigenvalue weighted by molar-refractivity contribution is 5.92. The summed E-state index contributed by atoms with van der Waals surface area (Å²) in [5.74, 6) is -0.721. The average Bonchev–Trinajstić information content (AvgIpc) is 3.64. The van der Waals surface area contributed by atoms with Crippen LogP contribution in [0.2, 0.25) is 0 Å². The monoisotopic (exact) mass is 686 g/mol. The van der Waals surface area contributed by atoms with Crippen LogP contribution in [0.4, 0.5) is 0 Å². The number of benzene rings is 4. The quantitative estimate of drug-likeness (QED) is 0.157. The Bertz CT molecular complexity index is 1810. The normalized spacial score (nSPS) is 16.7. The average molecular weight is 687 g/mol. The molecule has 1 fully saturated rings. The topological polar surface area (TPSA) is 95.9 Å². The number of rotatable bonds is 12. The first-order chi connectivity index (χ1) is 24.5. The standard InChI is InChI=1S/C44H50N2O5/c1-44(2,3)36-20-15-30(16-21-36)24-26-51-37-22-19-35-23-25-46(40(47)28-31-9-7-8-10-31)41(38(35)29-37)42(48)45-39(43(49)50)27-32-13-17-34(18-14-32)33-11-5-4-6-12-33/h4-6,11-22,29,31,39,41H,7-10,23-28H2,1-3H3,(H,45,48)(H,49,50). The Labute approximate surface area is 302 Å². The summed E-state index contributed by atoms with van der Waals surface area (Å²) < 4.78 is 6.22. The van der Waals surface area contributed by atoms with Crippen molar-refractivity contribution in [2.45, 2.75) is 89.6 Å². The lowest BCUT2D eigenvalue weighted by Crippen LogP contribution is -2.51. The fourth-order valence-corrected chi connectivity index (χ4v) is 7.42. The summed E-state index contributed by atoms with van der Waals surface area (Å²) >= 11 is 0. The molecule has 7 nitrogen and oxygen atoms in total. The van der Waals surface area contributed by atoms with E-state index in [1.165, 1.54) is 11.1 Å². The smallest absolute Gasteiger partial charge is 0.326 e. The van der Waals surface area contributed by atoms with Crippen LogP contribution in [-0.4, -0.2) is 47.0 Å². The zero-order valence-corrected chi connectivity index (χ0v) is 30.1. The van der Waals surface area contributed by atoms with Gasteiger partial charge in [0.1, 0.15) is 17.8 Å². The van der Waals surface area contributed by atoms with Crippen LogP contribution in [0.1, 0.15) is 86.7 Å². The van der Waals surface area contributed by atoms with Gasteiger partial charge in [-0.15, -0.1) is 0 Å². The van der Waals surface area contributed by atoms with E-state index in [9.17, 15) is 19.5 Å². The van der Waals surface area contributed by atoms with Crippen LogP contribution in [0.15, 0.2) is 97.1 Å². The Hall–Kier alpha value is -4.91. The molecule has 2 atom stereocenters. The molecular formula is C44H50N2O5. The van der Waals surface area contributed by atoms with Crippen molar-refractivity contribution in [3.8, 4) is 16.9 Å². The molecule has 7 heteroatoms. The number of hydrogen-bond donors (Lipinski definition) is 2. The molecule has 0 spiro atoms. The van der Waals surface area contributed by atoms with Gasteiger partial charge in [-0.05, 0) is 81.7 Å². The van der Waals surface area contributed by atoms with E-state index in [0.717, 1.165) is 54.4 Å². The fraction of sp³-hybridized carbons (Fsp3) is 0.386. The SMILES string of the molecule is CC(C)(C)c1ccc(CCOc2ccc3c(c2)C(C(=O)NC(Cc2ccc(-c4ccccc4)cc2)C(=O)O)N(C(=O)CC2CCCC2)CC3)cc1. The molecule has 0 saturated heterocycles. The van der Waals surface area contributed by atoms with Gasteiger partial charge in [-0.3, -0.25) is 9.59 Å². The number of hydrogen-bond acceptors (Lipinski definition) is 4. The molecule has 4 aromatic carbocycles. The number of fused-ring (bicyclic) bond motifs is 1. The Morgan fingerprint density at radius 3 is 2.20 bits per heavy atom. The van der Waals surface area contributed by atoms with Crippen molar-refractivity contribution >= 4 is 17.8 Å². The van der Waals surface area contributed by atoms with Crippen LogP contribution in [0.25, 0.3) is 11.1 Å². The van der Waals surface area contributed by atoms with E-state index in [2.05, 4.69) is 50.4 Å². The Balaban J connectivity index is 1.20. The molecule has 2 N–H and O–H groups in total. The largest absolute Gasteiger partial charge is 0.493 e. The number of nitrogens with zero attached hydrogens (tertiary/aromatic N) is 1. The van der Waals surface area contributed by atoms with Crippen LogP contribution in [0.5, 0.6) is 5.75 Å². The first-order valence-corrected chi connectivity index (χ1v) is 18.4. The van der Waals surface area contributed by atoms with E-state index in [0.29, 0.717) is 43.2 Å². The zero-order valence-electron chi connectivity index (χ0n) is 30.1. The number of nitrogens with one attached hydrogen (secondary N) is 1. The van der Waals surface area contributed by atoms with Gasteiger partial charge < -0.3 is 20.1 Å². The number of amides is 2. The first-order valence-electron chi connectivity index (χ1n) is 18.4. The van der Waals surface area contributed by atoms with Crippen molar-refractivity contribution in [2.24, 2.45) is 5.92 Å². The minimum atomic E-state index is -1.17. The lowest BCUT2D eigenvalue weighted by Gasteiger charge is -2.37. The molecule has 1 aliphatic heterocycles. The maximum absolute atomic E-state index is 14.3. The van der Waals surface area contributed by atoms with Crippen LogP contribution in [-0.2, 0) is 39.1 Å². The second-order valence-electron chi connectivity index (χ2n) is 15.2. The molecule has 2 aliphatic rings. The Morgan fingerprint density at radius 1 is 0.863 bits per heavy atom. The summed E-state index contributed by atoms with van der Waals surface area (Å²) in [5, 5.41) is 13.1. The van der Waals surface area contributed by atoms with E-state index >= 15 is 0 Å². The van der Waals surface area contributed by atoms with Gasteiger partial charge in [0.25, 0.3) is 0 Å². The molecule has 1 aliphatic carbocycles. The van der Waals surface area contributed by atoms with Gasteiger partial charge in [-0.2, -0.15) is 0 Å². The number of carboxylic acid groups (broad SMARTS) is 1. The lowest BCUT2D eigenvalue weighted by atomic mass is 9.86. The van der Waals surface area contributed by atoms with Gasteiger partial charge >= 0.3 is 5.97 Å². The van der Waals surface area contributed by atoms with E-state index in [4.69, 9.17) is 4.74 Å². The second kappa shape index (κ2) is 16.0. The molecule has 1 heterocycles. The number of aliphatic carboxylic acids is 1. The van der Waals surface area contributed by atoms with Crippen LogP contribution in [0, 0.1) is 5.92 Å². The minimum absolute atomic E-state index is 0.0545. The van der Waals surface area contributed by atoms with Crippen molar-refractivity contribution in [3.05, 3.63) is 125 Å². The maximum Gasteiger partial charge on any atom is 0.326 e. The highest BCUT2D eigenvalue weighted by Gasteiger charge is 2.38. The summed E-state index contributed by atoms with van der Waals surface area (Å²) in [4.78, 5) is 42.3. The molecule has 1 saturated carbocycles. The first kappa shape index (κ1) is 35.9. The highest BCUT2D eigenvalue weighted by atomic mass is 16.5. The molecule has 4 aromatic rings. The van der Waals surface area contributed by atoms with E-state index < -0.39 is 24.0 Å². The number of carbonyl (C=O) groups excluding carboxylic acids is 2. The van der Waals surface area contributed by atoms with Crippen molar-refractivity contribution in [1.82, 2.24) is 10.2 Å². The molecule has 2 unspecified atom stereocenters. The zero-order chi connectivity index (χ0) is 36.0. The van der Waals surface area contributed by atoms with Crippen LogP contribution < -0.4 is 10.1 Å². The third kappa shape index (κ3) is 9.07. The number of ether oxygens (including phenoxy) is 1. The molecule has 0 aromatic heterocycles. The summed E-state index contributed by atoms with van der Waals surface area (Å²) in [7, 11) is 0. The lowest BCUT2D eigenvalue weighted by molar-refractivity contribution is -0.145. The Morgan fingerprint density at radius 2 is 1.53 bits per heavy atom. The molecule has 0 bridgehead atoms. The third-order valence-electron chi connectivity index (χ3n) is 10.4. The molecule has 2 amide bonds. The van der Waals surface area contributed by atoms with Gasteiger partial charge in [-0.1, -0.05) is 119 Å². The van der Waals surface area contributed by atoms with Crippen molar-refractivity contribution in [3.63, 3.8) is 0 Å². The van der Waals surface area contributed by atoms with Gasteiger partial charge in [0, 0.05) is 25.8 Å². The summed E-state index contributed by atoms with van der Waals surface area (Å²) in [6, 6.07) is 30.0. The summed E-state index contributed by atoms with van der Waals surface area (Å²) in [6.45, 7) is 7.46. The maximum atomic E-state index is 14.3. The van der Waals surface area contributed by atoms with Gasteiger partial charge in [0.15, 0.2) is 0 Å². The van der Waals surface area contributed by atoms with Crippen LogP contribution >= 0.6 is 0 Å². The highest BCUT2D eigenvalue weighted by Crippen LogP contribution is 2.36. The fourth-order valence-electron chi connectivity index (χ4n) is 7.42. The Kier molecular flexibility index (Phi) is 11.2. The van der Waals surface area contributed by atoms with Gasteiger partial charge in [0.2, 0.25) is 11.8 Å². The van der Waals surface area contributed by atoms with Crippen molar-refractivity contribution < 1.29 is 24.2 Å². The number of carbonyl (C=O) groups is 3. The molecular weight excluding hydrogens is 636 g/mol. The molecule has 51 heavy (non-hydrogen) atoms. The van der Waals surface area contributed by atoms with Crippen LogP contribution in [0.3, 0.4) is 0 Å². The van der Waals surface area contributed by atoms with E-state index in [1.807, 2.05) is 72.8 Å². The minimum Gasteiger partial charge on any atom is -0.493 e. The molecule has 6 rings (SSSR count). The predicted octanol–water partition coefficient (Wildman–Crippen LogP) is 8.09. The van der Waals surface area contributed by atoms with Crippen molar-refractivity contribution in [1.29, 1.82) is 0 Å². The second-order valence-corrected chi connectivity index (χ2v) is 15.2. The summed E-state index contributed by atoms with van der Waals surface area (Å²) in [5.41, 5.74) is 7.11. The molecule has 0 radical (unpaired) electrons. The summed E-state index contributed by atoms with van der Waals surface area (Å²) in [6.07, 6.45) is 6.15. The predicted molar refractivity (Wildman–Crippen MR) is 201 cm³/mol. The number of carboxylic acids is 1. The van der Waals surface area contributed by atoms with E-state index in [-0.39, 0.29) is 17.7 Å².